The third kappa shape index (κ3) is 7.16. The fourth-order valence-electron chi connectivity index (χ4n) is 4.11. The Bertz CT molecular complexity index is 1120. The molecule has 0 bridgehead atoms. The molecule has 0 aromatic heterocycles. The summed E-state index contributed by atoms with van der Waals surface area (Å²) in [6.45, 7) is 9.61. The molecule has 8 heteroatoms. The average Bonchev–Trinajstić information content (AvgIpc) is 2.76. The molecular weight excluding hydrogens is 460 g/mol. The predicted octanol–water partition coefficient (Wildman–Crippen LogP) is 6.06. The Kier molecular flexibility index (Phi) is 8.17. The summed E-state index contributed by atoms with van der Waals surface area (Å²) >= 11 is 0. The number of anilines is 2. The van der Waals surface area contributed by atoms with Gasteiger partial charge in [0.15, 0.2) is 5.70 Å². The van der Waals surface area contributed by atoms with E-state index < -0.39 is 23.3 Å². The van der Waals surface area contributed by atoms with Crippen LogP contribution in [0.1, 0.15) is 59.4 Å². The number of aryl methyl sites for hydroxylation is 1. The Morgan fingerprint density at radius 1 is 1.17 bits per heavy atom. The Morgan fingerprint density at radius 2 is 1.86 bits per heavy atom. The van der Waals surface area contributed by atoms with Gasteiger partial charge in [-0.05, 0) is 82.9 Å². The smallest absolute Gasteiger partial charge is 0.412 e. The van der Waals surface area contributed by atoms with E-state index in [1.165, 1.54) is 0 Å². The topological polar surface area (TPSA) is 108 Å². The normalized spacial score (nSPS) is 18.0. The van der Waals surface area contributed by atoms with Crippen molar-refractivity contribution < 1.29 is 29.3 Å². The van der Waals surface area contributed by atoms with Crippen LogP contribution in [0.15, 0.2) is 60.0 Å². The van der Waals surface area contributed by atoms with Gasteiger partial charge in [0.25, 0.3) is 0 Å². The van der Waals surface area contributed by atoms with Crippen LogP contribution in [0.25, 0.3) is 0 Å². The first-order valence-electron chi connectivity index (χ1n) is 12.2. The van der Waals surface area contributed by atoms with Crippen LogP contribution >= 0.6 is 0 Å². The van der Waals surface area contributed by atoms with Crippen LogP contribution in [0.2, 0.25) is 0 Å². The number of carbonyl (C=O) groups excluding carboxylic acids is 2. The number of esters is 1. The molecular formula is C28H36N2O6. The minimum Gasteiger partial charge on any atom is -0.510 e. The van der Waals surface area contributed by atoms with Crippen molar-refractivity contribution in [1.29, 1.82) is 0 Å². The van der Waals surface area contributed by atoms with Gasteiger partial charge < -0.3 is 24.6 Å². The molecule has 1 aliphatic heterocycles. The van der Waals surface area contributed by atoms with Gasteiger partial charge in [0.1, 0.15) is 22.7 Å². The molecule has 2 aromatic carbocycles. The van der Waals surface area contributed by atoms with Crippen LogP contribution in [0.5, 0.6) is 5.75 Å². The van der Waals surface area contributed by atoms with Gasteiger partial charge >= 0.3 is 12.1 Å². The Morgan fingerprint density at radius 3 is 2.47 bits per heavy atom. The maximum atomic E-state index is 13.2. The zero-order valence-electron chi connectivity index (χ0n) is 21.6. The summed E-state index contributed by atoms with van der Waals surface area (Å²) in [6, 6.07) is 13.9. The molecule has 3 N–H and O–H groups in total. The molecule has 1 atom stereocenters. The first-order valence-corrected chi connectivity index (χ1v) is 12.2. The molecule has 1 aliphatic rings. The fourth-order valence-corrected chi connectivity index (χ4v) is 4.11. The maximum Gasteiger partial charge on any atom is 0.412 e. The predicted molar refractivity (Wildman–Crippen MR) is 139 cm³/mol. The number of aliphatic hydroxyl groups is 1. The molecule has 2 aromatic rings. The number of aromatic hydroxyl groups is 1. The van der Waals surface area contributed by atoms with Gasteiger partial charge in [-0.1, -0.05) is 25.1 Å². The van der Waals surface area contributed by atoms with Crippen molar-refractivity contribution in [2.75, 3.05) is 16.8 Å². The van der Waals surface area contributed by atoms with E-state index >= 15 is 0 Å². The molecule has 1 amide bonds. The number of aliphatic hydroxyl groups excluding tert-OH is 1. The van der Waals surface area contributed by atoms with E-state index in [0.717, 1.165) is 5.56 Å². The highest BCUT2D eigenvalue weighted by molar-refractivity contribution is 5.95. The van der Waals surface area contributed by atoms with Gasteiger partial charge in [-0.3, -0.25) is 5.32 Å². The van der Waals surface area contributed by atoms with Crippen LogP contribution in [-0.2, 0) is 20.7 Å². The number of ether oxygens (including phenoxy) is 2. The van der Waals surface area contributed by atoms with Gasteiger partial charge in [-0.25, -0.2) is 9.59 Å². The molecule has 3 rings (SSSR count). The summed E-state index contributed by atoms with van der Waals surface area (Å²) in [4.78, 5) is 27.1. The van der Waals surface area contributed by atoms with E-state index in [1.54, 1.807) is 56.0 Å². The minimum absolute atomic E-state index is 0.0292. The van der Waals surface area contributed by atoms with Gasteiger partial charge in [0, 0.05) is 24.3 Å². The lowest BCUT2D eigenvalue weighted by atomic mass is 9.90. The van der Waals surface area contributed by atoms with Gasteiger partial charge in [0.05, 0.1) is 0 Å². The van der Waals surface area contributed by atoms with E-state index in [-0.39, 0.29) is 23.6 Å². The summed E-state index contributed by atoms with van der Waals surface area (Å²) in [5, 5.41) is 23.2. The van der Waals surface area contributed by atoms with E-state index in [0.29, 0.717) is 37.2 Å². The van der Waals surface area contributed by atoms with Crippen LogP contribution < -0.4 is 10.2 Å². The lowest BCUT2D eigenvalue weighted by Crippen LogP contribution is -2.43. The first kappa shape index (κ1) is 26.9. The van der Waals surface area contributed by atoms with Crippen LogP contribution in [0.3, 0.4) is 0 Å². The number of nitrogens with one attached hydrogen (secondary N) is 1. The van der Waals surface area contributed by atoms with Crippen molar-refractivity contribution in [2.24, 2.45) is 0 Å². The molecule has 8 nitrogen and oxygen atoms in total. The van der Waals surface area contributed by atoms with Crippen molar-refractivity contribution >= 4 is 23.4 Å². The number of cyclic esters (lactones) is 1. The summed E-state index contributed by atoms with van der Waals surface area (Å²) in [7, 11) is 0. The highest BCUT2D eigenvalue weighted by Crippen LogP contribution is 2.36. The molecule has 0 radical (unpaired) electrons. The highest BCUT2D eigenvalue weighted by Gasteiger charge is 2.40. The van der Waals surface area contributed by atoms with Gasteiger partial charge in [-0.15, -0.1) is 0 Å². The van der Waals surface area contributed by atoms with E-state index in [9.17, 15) is 19.8 Å². The minimum atomic E-state index is -0.861. The molecule has 1 unspecified atom stereocenters. The van der Waals surface area contributed by atoms with Crippen molar-refractivity contribution in [2.45, 2.75) is 71.5 Å². The molecule has 0 aliphatic carbocycles. The summed E-state index contributed by atoms with van der Waals surface area (Å²) in [6.07, 6.45) is 1.46. The van der Waals surface area contributed by atoms with Crippen molar-refractivity contribution in [3.05, 3.63) is 65.6 Å². The van der Waals surface area contributed by atoms with E-state index in [2.05, 4.69) is 5.32 Å². The molecule has 1 heterocycles. The third-order valence-electron chi connectivity index (χ3n) is 5.75. The Labute approximate surface area is 212 Å². The number of carbonyl (C=O) groups is 2. The summed E-state index contributed by atoms with van der Waals surface area (Å²) in [5.74, 6) is -0.426. The van der Waals surface area contributed by atoms with Crippen LogP contribution in [0, 0.1) is 0 Å². The lowest BCUT2D eigenvalue weighted by molar-refractivity contribution is -0.157. The largest absolute Gasteiger partial charge is 0.510 e. The Hall–Kier alpha value is -3.68. The molecule has 36 heavy (non-hydrogen) atoms. The lowest BCUT2D eigenvalue weighted by Gasteiger charge is -2.37. The fraction of sp³-hybridized carbons (Fsp3) is 0.429. The average molecular weight is 497 g/mol. The summed E-state index contributed by atoms with van der Waals surface area (Å²) in [5.41, 5.74) is 0.755. The second kappa shape index (κ2) is 10.9. The monoisotopic (exact) mass is 496 g/mol. The molecule has 0 saturated heterocycles. The standard InChI is InChI=1S/C28H36N2O6/c1-6-16-30(21-9-7-8-20(17-21)29-26(34)36-27(2,3)4)24-23(32)18-28(5,35-25(24)33)15-14-19-10-12-22(31)13-11-19/h7-13,17,31-32H,6,14-16,18H2,1-5H3,(H,29,34). The number of nitrogens with zero attached hydrogens (tertiary/aromatic N) is 1. The second-order valence-corrected chi connectivity index (χ2v) is 10.3. The zero-order chi connectivity index (χ0) is 26.5. The number of hydrogen-bond acceptors (Lipinski definition) is 7. The molecule has 0 fully saturated rings. The SMILES string of the molecule is CCCN(C1=C(O)CC(C)(CCc2ccc(O)cc2)OC1=O)c1cccc(NC(=O)OC(C)(C)C)c1. The van der Waals surface area contributed by atoms with Crippen LogP contribution in [-0.4, -0.2) is 40.0 Å². The number of phenols is 1. The van der Waals surface area contributed by atoms with Crippen molar-refractivity contribution in [3.8, 4) is 5.75 Å². The molecule has 194 valence electrons. The quantitative estimate of drug-likeness (QED) is 0.381. The first-order chi connectivity index (χ1) is 16.9. The Balaban J connectivity index is 1.80. The van der Waals surface area contributed by atoms with Crippen LogP contribution in [0.4, 0.5) is 16.2 Å². The highest BCUT2D eigenvalue weighted by atomic mass is 16.6. The third-order valence-corrected chi connectivity index (χ3v) is 5.75. The van der Waals surface area contributed by atoms with Gasteiger partial charge in [0.2, 0.25) is 0 Å². The second-order valence-electron chi connectivity index (χ2n) is 10.3. The van der Waals surface area contributed by atoms with Gasteiger partial charge in [-0.2, -0.15) is 0 Å². The van der Waals surface area contributed by atoms with E-state index in [4.69, 9.17) is 9.47 Å². The number of rotatable bonds is 8. The number of hydrogen-bond donors (Lipinski definition) is 3. The summed E-state index contributed by atoms with van der Waals surface area (Å²) < 4.78 is 11.2. The number of phenolic OH excluding ortho intramolecular Hbond substituents is 1. The van der Waals surface area contributed by atoms with E-state index in [1.807, 2.05) is 32.0 Å². The van der Waals surface area contributed by atoms with Crippen molar-refractivity contribution in [3.63, 3.8) is 0 Å². The zero-order valence-corrected chi connectivity index (χ0v) is 21.6. The molecule has 0 saturated carbocycles. The number of benzene rings is 2. The van der Waals surface area contributed by atoms with Crippen molar-refractivity contribution in [1.82, 2.24) is 0 Å². The molecule has 0 spiro atoms. The number of amides is 1. The maximum absolute atomic E-state index is 13.2.